The van der Waals surface area contributed by atoms with E-state index >= 15 is 0 Å². The number of hydrogen-bond donors (Lipinski definition) is 1. The van der Waals surface area contributed by atoms with E-state index in [0.717, 1.165) is 25.0 Å². The highest BCUT2D eigenvalue weighted by Crippen LogP contribution is 2.34. The predicted octanol–water partition coefficient (Wildman–Crippen LogP) is 3.26. The molecule has 2 nitrogen and oxygen atoms in total. The van der Waals surface area contributed by atoms with E-state index in [1.807, 2.05) is 13.1 Å². The summed E-state index contributed by atoms with van der Waals surface area (Å²) >= 11 is 0. The zero-order valence-corrected chi connectivity index (χ0v) is 11.1. The van der Waals surface area contributed by atoms with Crippen LogP contribution in [0.3, 0.4) is 0 Å². The molecule has 0 radical (unpaired) electrons. The van der Waals surface area contributed by atoms with Crippen LogP contribution < -0.4 is 5.73 Å². The van der Waals surface area contributed by atoms with Gasteiger partial charge in [-0.15, -0.1) is 6.58 Å². The number of hydrogen-bond acceptors (Lipinski definition) is 2. The summed E-state index contributed by atoms with van der Waals surface area (Å²) in [7, 11) is 1.81. The molecule has 2 N–H and O–H groups in total. The van der Waals surface area contributed by atoms with Crippen molar-refractivity contribution >= 4 is 5.71 Å². The summed E-state index contributed by atoms with van der Waals surface area (Å²) in [4.78, 5) is 4.24. The molecule has 0 saturated carbocycles. The summed E-state index contributed by atoms with van der Waals surface area (Å²) in [5, 5.41) is 0. The lowest BCUT2D eigenvalue weighted by molar-refractivity contribution is 0.434. The largest absolute Gasteiger partial charge is 0.326 e. The van der Waals surface area contributed by atoms with Crippen molar-refractivity contribution in [2.45, 2.75) is 32.6 Å². The zero-order valence-electron chi connectivity index (χ0n) is 11.1. The highest BCUT2D eigenvalue weighted by Gasteiger charge is 2.23. The van der Waals surface area contributed by atoms with Crippen molar-refractivity contribution in [1.82, 2.24) is 0 Å². The van der Waals surface area contributed by atoms with Crippen LogP contribution in [0.2, 0.25) is 0 Å². The molecule has 0 spiro atoms. The highest BCUT2D eigenvalue weighted by molar-refractivity contribution is 5.86. The minimum Gasteiger partial charge on any atom is -0.326 e. The van der Waals surface area contributed by atoms with E-state index in [1.165, 1.54) is 12.0 Å². The number of allylic oxidation sites excluding steroid dienone is 5. The maximum absolute atomic E-state index is 5.69. The first-order chi connectivity index (χ1) is 8.13. The Bertz CT molecular complexity index is 350. The van der Waals surface area contributed by atoms with Gasteiger partial charge in [-0.2, -0.15) is 0 Å². The standard InChI is InChI=1S/C15H24N2/c1-4-15(2,11-14(12-16)17-3)10-13-8-6-5-7-9-13/h4-6,8H,1,7,9-12,16H2,2-3H3/b17-14+. The van der Waals surface area contributed by atoms with Crippen molar-refractivity contribution in [3.8, 4) is 0 Å². The second-order valence-electron chi connectivity index (χ2n) is 5.00. The first kappa shape index (κ1) is 13.9. The molecule has 1 atom stereocenters. The molecule has 1 rings (SSSR count). The molecule has 0 fully saturated rings. The Morgan fingerprint density at radius 2 is 2.41 bits per heavy atom. The normalized spacial score (nSPS) is 19.7. The summed E-state index contributed by atoms with van der Waals surface area (Å²) in [5.41, 5.74) is 8.33. The first-order valence-electron chi connectivity index (χ1n) is 6.26. The third kappa shape index (κ3) is 4.31. The van der Waals surface area contributed by atoms with Crippen LogP contribution in [0.4, 0.5) is 0 Å². The Kier molecular flexibility index (Phi) is 5.36. The van der Waals surface area contributed by atoms with Crippen LogP contribution in [0.25, 0.3) is 0 Å². The van der Waals surface area contributed by atoms with Gasteiger partial charge in [-0.1, -0.05) is 36.8 Å². The Balaban J connectivity index is 2.71. The third-order valence-electron chi connectivity index (χ3n) is 3.38. The van der Waals surface area contributed by atoms with Gasteiger partial charge in [-0.05, 0) is 31.1 Å². The Hall–Kier alpha value is -1.15. The molecule has 0 amide bonds. The van der Waals surface area contributed by atoms with Gasteiger partial charge in [0.1, 0.15) is 0 Å². The van der Waals surface area contributed by atoms with Crippen molar-refractivity contribution in [3.05, 3.63) is 36.5 Å². The summed E-state index contributed by atoms with van der Waals surface area (Å²) in [6.45, 7) is 6.76. The van der Waals surface area contributed by atoms with E-state index in [1.54, 1.807) is 0 Å². The van der Waals surface area contributed by atoms with Crippen molar-refractivity contribution in [2.75, 3.05) is 13.6 Å². The lowest BCUT2D eigenvalue weighted by atomic mass is 9.77. The van der Waals surface area contributed by atoms with Gasteiger partial charge in [0, 0.05) is 19.3 Å². The number of rotatable bonds is 6. The molecule has 0 heterocycles. The smallest absolute Gasteiger partial charge is 0.0310 e. The van der Waals surface area contributed by atoms with Crippen LogP contribution in [0.5, 0.6) is 0 Å². The molecular formula is C15H24N2. The summed E-state index contributed by atoms with van der Waals surface area (Å²) in [6.07, 6.45) is 12.9. The topological polar surface area (TPSA) is 38.4 Å². The van der Waals surface area contributed by atoms with Crippen molar-refractivity contribution < 1.29 is 0 Å². The van der Waals surface area contributed by atoms with E-state index in [2.05, 4.69) is 36.7 Å². The first-order valence-corrected chi connectivity index (χ1v) is 6.26. The number of aliphatic imine (C=N–C) groups is 1. The quantitative estimate of drug-likeness (QED) is 0.554. The van der Waals surface area contributed by atoms with E-state index in [-0.39, 0.29) is 5.41 Å². The van der Waals surface area contributed by atoms with Crippen LogP contribution in [0.1, 0.15) is 32.6 Å². The average molecular weight is 232 g/mol. The second kappa shape index (κ2) is 6.55. The molecule has 17 heavy (non-hydrogen) atoms. The van der Waals surface area contributed by atoms with Crippen LogP contribution in [0.15, 0.2) is 41.4 Å². The lowest BCUT2D eigenvalue weighted by Gasteiger charge is -2.28. The van der Waals surface area contributed by atoms with Gasteiger partial charge in [0.15, 0.2) is 0 Å². The van der Waals surface area contributed by atoms with E-state index < -0.39 is 0 Å². The molecule has 1 aliphatic carbocycles. The number of nitrogens with zero attached hydrogens (tertiary/aromatic N) is 1. The Morgan fingerprint density at radius 3 is 2.88 bits per heavy atom. The fourth-order valence-corrected chi connectivity index (χ4v) is 2.23. The maximum atomic E-state index is 5.69. The van der Waals surface area contributed by atoms with Crippen LogP contribution >= 0.6 is 0 Å². The molecule has 0 aliphatic heterocycles. The molecule has 2 heteroatoms. The zero-order chi connectivity index (χ0) is 12.7. The predicted molar refractivity (Wildman–Crippen MR) is 76.4 cm³/mol. The molecule has 1 aliphatic rings. The van der Waals surface area contributed by atoms with Gasteiger partial charge in [-0.25, -0.2) is 0 Å². The third-order valence-corrected chi connectivity index (χ3v) is 3.38. The molecule has 1 unspecified atom stereocenters. The minimum atomic E-state index is 0.0746. The molecule has 0 aromatic rings. The summed E-state index contributed by atoms with van der Waals surface area (Å²) < 4.78 is 0. The van der Waals surface area contributed by atoms with E-state index in [0.29, 0.717) is 6.54 Å². The van der Waals surface area contributed by atoms with E-state index in [4.69, 9.17) is 5.73 Å². The molecule has 0 bridgehead atoms. The molecule has 0 saturated heterocycles. The second-order valence-corrected chi connectivity index (χ2v) is 5.00. The van der Waals surface area contributed by atoms with Gasteiger partial charge >= 0.3 is 0 Å². The molecule has 0 aromatic heterocycles. The summed E-state index contributed by atoms with van der Waals surface area (Å²) in [6, 6.07) is 0. The average Bonchev–Trinajstić information content (AvgIpc) is 2.37. The Morgan fingerprint density at radius 1 is 1.65 bits per heavy atom. The fraction of sp³-hybridized carbons (Fsp3) is 0.533. The minimum absolute atomic E-state index is 0.0746. The van der Waals surface area contributed by atoms with Crippen molar-refractivity contribution in [3.63, 3.8) is 0 Å². The van der Waals surface area contributed by atoms with Crippen LogP contribution in [-0.4, -0.2) is 19.3 Å². The van der Waals surface area contributed by atoms with Crippen molar-refractivity contribution in [2.24, 2.45) is 16.1 Å². The van der Waals surface area contributed by atoms with Gasteiger partial charge in [-0.3, -0.25) is 4.99 Å². The van der Waals surface area contributed by atoms with Crippen LogP contribution in [-0.2, 0) is 0 Å². The highest BCUT2D eigenvalue weighted by atomic mass is 14.7. The molecule has 94 valence electrons. The van der Waals surface area contributed by atoms with E-state index in [9.17, 15) is 0 Å². The molecular weight excluding hydrogens is 208 g/mol. The van der Waals surface area contributed by atoms with Crippen LogP contribution in [0, 0.1) is 5.41 Å². The SMILES string of the molecule is C=CC(C)(CC1=CC=CCC1)C/C(CN)=N\C. The van der Waals surface area contributed by atoms with Gasteiger partial charge in [0.05, 0.1) is 0 Å². The van der Waals surface area contributed by atoms with Gasteiger partial charge < -0.3 is 5.73 Å². The molecule has 0 aromatic carbocycles. The van der Waals surface area contributed by atoms with Crippen molar-refractivity contribution in [1.29, 1.82) is 0 Å². The van der Waals surface area contributed by atoms with Gasteiger partial charge in [0.2, 0.25) is 0 Å². The summed E-state index contributed by atoms with van der Waals surface area (Å²) in [5.74, 6) is 0. The Labute approximate surface area is 105 Å². The number of nitrogens with two attached hydrogens (primary N) is 1. The maximum Gasteiger partial charge on any atom is 0.0310 e. The fourth-order valence-electron chi connectivity index (χ4n) is 2.23. The van der Waals surface area contributed by atoms with Gasteiger partial charge in [0.25, 0.3) is 0 Å². The monoisotopic (exact) mass is 232 g/mol. The lowest BCUT2D eigenvalue weighted by Crippen LogP contribution is -2.24.